The van der Waals surface area contributed by atoms with Crippen LogP contribution in [0.25, 0.3) is 11.7 Å². The first-order chi connectivity index (χ1) is 5.47. The third kappa shape index (κ3) is 1.10. The number of oxazole rings is 1. The molecule has 2 aromatic rings. The predicted molar refractivity (Wildman–Crippen MR) is 36.4 cm³/mol. The van der Waals surface area contributed by atoms with E-state index in [0.29, 0.717) is 11.7 Å². The van der Waals surface area contributed by atoms with Crippen LogP contribution >= 0.6 is 0 Å². The van der Waals surface area contributed by atoms with Gasteiger partial charge in [-0.2, -0.15) is 0 Å². The average Bonchev–Trinajstić information content (AvgIpc) is 2.58. The highest BCUT2D eigenvalue weighted by Crippen LogP contribution is 2.08. The summed E-state index contributed by atoms with van der Waals surface area (Å²) < 4.78 is 4.97. The van der Waals surface area contributed by atoms with Crippen molar-refractivity contribution >= 4 is 0 Å². The number of hydrogen-bond acceptors (Lipinski definition) is 4. The van der Waals surface area contributed by atoms with Gasteiger partial charge in [0, 0.05) is 18.5 Å². The Hall–Kier alpha value is -1.71. The highest BCUT2D eigenvalue weighted by Gasteiger charge is 2.02. The van der Waals surface area contributed by atoms with E-state index in [0.717, 1.165) is 0 Å². The SMILES string of the molecule is [c]1cnc(-c2ncco2)nc1. The molecule has 0 bridgehead atoms. The Morgan fingerprint density at radius 1 is 1.18 bits per heavy atom. The molecule has 0 N–H and O–H groups in total. The van der Waals surface area contributed by atoms with E-state index in [9.17, 15) is 0 Å². The van der Waals surface area contributed by atoms with Gasteiger partial charge in [0.15, 0.2) is 0 Å². The van der Waals surface area contributed by atoms with Gasteiger partial charge in [-0.05, 0) is 0 Å². The van der Waals surface area contributed by atoms with E-state index in [1.165, 1.54) is 18.7 Å². The van der Waals surface area contributed by atoms with Crippen LogP contribution in [0.1, 0.15) is 0 Å². The van der Waals surface area contributed by atoms with E-state index in [2.05, 4.69) is 21.0 Å². The minimum atomic E-state index is 0.430. The number of rotatable bonds is 1. The van der Waals surface area contributed by atoms with Crippen LogP contribution in [0.4, 0.5) is 0 Å². The normalized spacial score (nSPS) is 9.82. The van der Waals surface area contributed by atoms with Crippen LogP contribution < -0.4 is 0 Å². The number of aromatic nitrogens is 3. The van der Waals surface area contributed by atoms with Crippen molar-refractivity contribution in [1.82, 2.24) is 15.0 Å². The predicted octanol–water partition coefficient (Wildman–Crippen LogP) is 0.932. The summed E-state index contributed by atoms with van der Waals surface area (Å²) >= 11 is 0. The second-order valence-corrected chi connectivity index (χ2v) is 1.84. The Balaban J connectivity index is 2.46. The summed E-state index contributed by atoms with van der Waals surface area (Å²) in [5.41, 5.74) is 0. The van der Waals surface area contributed by atoms with Crippen LogP contribution in [0.3, 0.4) is 0 Å². The van der Waals surface area contributed by atoms with Crippen LogP contribution in [0, 0.1) is 6.07 Å². The van der Waals surface area contributed by atoms with Crippen molar-refractivity contribution in [1.29, 1.82) is 0 Å². The summed E-state index contributed by atoms with van der Waals surface area (Å²) in [5, 5.41) is 0. The van der Waals surface area contributed by atoms with Crippen LogP contribution in [0.15, 0.2) is 29.3 Å². The first-order valence-corrected chi connectivity index (χ1v) is 3.05. The maximum absolute atomic E-state index is 4.97. The monoisotopic (exact) mass is 146 g/mol. The first kappa shape index (κ1) is 6.03. The molecule has 0 aromatic carbocycles. The smallest absolute Gasteiger partial charge is 0.264 e. The van der Waals surface area contributed by atoms with Gasteiger partial charge < -0.3 is 4.42 Å². The molecule has 0 amide bonds. The highest BCUT2D eigenvalue weighted by atomic mass is 16.3. The van der Waals surface area contributed by atoms with Gasteiger partial charge in [0.2, 0.25) is 5.82 Å². The third-order valence-electron chi connectivity index (χ3n) is 1.15. The fraction of sp³-hybridized carbons (Fsp3) is 0. The van der Waals surface area contributed by atoms with Gasteiger partial charge in [0.1, 0.15) is 6.26 Å². The lowest BCUT2D eigenvalue weighted by Crippen LogP contribution is -1.85. The summed E-state index contributed by atoms with van der Waals surface area (Å²) in [7, 11) is 0. The molecule has 0 saturated carbocycles. The van der Waals surface area contributed by atoms with Crippen molar-refractivity contribution < 1.29 is 4.42 Å². The number of nitrogens with zero attached hydrogens (tertiary/aromatic N) is 3. The summed E-state index contributed by atoms with van der Waals surface area (Å²) in [6.07, 6.45) is 6.07. The van der Waals surface area contributed by atoms with Crippen molar-refractivity contribution in [3.05, 3.63) is 30.9 Å². The van der Waals surface area contributed by atoms with E-state index in [1.54, 1.807) is 6.20 Å². The summed E-state index contributed by atoms with van der Waals surface area (Å²) in [4.78, 5) is 11.7. The molecular weight excluding hydrogens is 142 g/mol. The van der Waals surface area contributed by atoms with Crippen molar-refractivity contribution in [2.24, 2.45) is 0 Å². The van der Waals surface area contributed by atoms with Gasteiger partial charge in [-0.1, -0.05) is 0 Å². The van der Waals surface area contributed by atoms with Crippen LogP contribution in [0.5, 0.6) is 0 Å². The topological polar surface area (TPSA) is 51.8 Å². The maximum atomic E-state index is 4.97. The molecule has 2 heterocycles. The van der Waals surface area contributed by atoms with E-state index in [4.69, 9.17) is 4.42 Å². The second-order valence-electron chi connectivity index (χ2n) is 1.84. The van der Waals surface area contributed by atoms with Crippen molar-refractivity contribution in [3.63, 3.8) is 0 Å². The zero-order chi connectivity index (χ0) is 7.52. The minimum Gasteiger partial charge on any atom is -0.442 e. The van der Waals surface area contributed by atoms with Gasteiger partial charge in [0.05, 0.1) is 6.20 Å². The van der Waals surface area contributed by atoms with Crippen molar-refractivity contribution in [2.75, 3.05) is 0 Å². The lowest BCUT2D eigenvalue weighted by atomic mass is 10.5. The Bertz CT molecular complexity index is 317. The molecule has 0 fully saturated rings. The van der Waals surface area contributed by atoms with Crippen LogP contribution in [0.2, 0.25) is 0 Å². The van der Waals surface area contributed by atoms with Crippen molar-refractivity contribution in [3.8, 4) is 11.7 Å². The van der Waals surface area contributed by atoms with Gasteiger partial charge in [-0.3, -0.25) is 0 Å². The fourth-order valence-electron chi connectivity index (χ4n) is 0.708. The Kier molecular flexibility index (Phi) is 1.37. The van der Waals surface area contributed by atoms with Gasteiger partial charge in [-0.25, -0.2) is 15.0 Å². The Morgan fingerprint density at radius 2 is 2.00 bits per heavy atom. The molecule has 2 rings (SSSR count). The van der Waals surface area contributed by atoms with Crippen LogP contribution in [-0.4, -0.2) is 15.0 Å². The molecule has 53 valence electrons. The van der Waals surface area contributed by atoms with E-state index in [-0.39, 0.29) is 0 Å². The molecule has 0 saturated heterocycles. The Labute approximate surface area is 62.9 Å². The lowest BCUT2D eigenvalue weighted by molar-refractivity contribution is 0.569. The molecule has 2 aromatic heterocycles. The van der Waals surface area contributed by atoms with Crippen molar-refractivity contribution in [2.45, 2.75) is 0 Å². The highest BCUT2D eigenvalue weighted by molar-refractivity contribution is 5.37. The van der Waals surface area contributed by atoms with Gasteiger partial charge in [-0.15, -0.1) is 0 Å². The standard InChI is InChI=1S/C7H4N3O/c1-2-8-6(9-3-1)7-10-4-5-11-7/h2-5H. The summed E-state index contributed by atoms with van der Waals surface area (Å²) in [6, 6.07) is 2.70. The molecule has 11 heavy (non-hydrogen) atoms. The molecule has 0 spiro atoms. The quantitative estimate of drug-likeness (QED) is 0.600. The first-order valence-electron chi connectivity index (χ1n) is 3.05. The molecule has 0 aliphatic carbocycles. The zero-order valence-corrected chi connectivity index (χ0v) is 5.56. The fourth-order valence-corrected chi connectivity index (χ4v) is 0.708. The molecule has 4 nitrogen and oxygen atoms in total. The Morgan fingerprint density at radius 3 is 2.64 bits per heavy atom. The third-order valence-corrected chi connectivity index (χ3v) is 1.15. The minimum absolute atomic E-state index is 0.430. The van der Waals surface area contributed by atoms with Crippen LogP contribution in [-0.2, 0) is 0 Å². The van der Waals surface area contributed by atoms with Gasteiger partial charge >= 0.3 is 0 Å². The molecule has 0 unspecified atom stereocenters. The average molecular weight is 146 g/mol. The maximum Gasteiger partial charge on any atom is 0.264 e. The zero-order valence-electron chi connectivity index (χ0n) is 5.56. The molecule has 0 atom stereocenters. The molecule has 1 radical (unpaired) electrons. The number of hydrogen-bond donors (Lipinski definition) is 0. The lowest BCUT2D eigenvalue weighted by Gasteiger charge is -1.88. The molecule has 0 aliphatic rings. The second kappa shape index (κ2) is 2.49. The summed E-state index contributed by atoms with van der Waals surface area (Å²) in [5.74, 6) is 0.910. The van der Waals surface area contributed by atoms with Gasteiger partial charge in [0.25, 0.3) is 5.89 Å². The van der Waals surface area contributed by atoms with E-state index >= 15 is 0 Å². The molecule has 4 heteroatoms. The molecule has 0 aliphatic heterocycles. The molecular formula is C7H4N3O. The summed E-state index contributed by atoms with van der Waals surface area (Å²) in [6.45, 7) is 0. The van der Waals surface area contributed by atoms with E-state index < -0.39 is 0 Å². The van der Waals surface area contributed by atoms with E-state index in [1.807, 2.05) is 0 Å². The largest absolute Gasteiger partial charge is 0.442 e.